The van der Waals surface area contributed by atoms with Crippen LogP contribution < -0.4 is 11.1 Å². The molecule has 0 saturated carbocycles. The molecule has 0 aromatic heterocycles. The van der Waals surface area contributed by atoms with Crippen molar-refractivity contribution in [2.75, 3.05) is 26.9 Å². The van der Waals surface area contributed by atoms with E-state index in [-0.39, 0.29) is 18.4 Å². The number of aliphatic hydroxyl groups excluding tert-OH is 1. The first-order valence-corrected chi connectivity index (χ1v) is 5.24. The van der Waals surface area contributed by atoms with Gasteiger partial charge in [-0.1, -0.05) is 6.92 Å². The lowest BCUT2D eigenvalue weighted by Gasteiger charge is -2.14. The van der Waals surface area contributed by atoms with Crippen LogP contribution in [0.4, 0.5) is 0 Å². The molecule has 2 atom stereocenters. The van der Waals surface area contributed by atoms with E-state index in [9.17, 15) is 4.79 Å². The van der Waals surface area contributed by atoms with E-state index in [4.69, 9.17) is 15.6 Å². The van der Waals surface area contributed by atoms with Gasteiger partial charge in [-0.2, -0.15) is 0 Å². The first-order chi connectivity index (χ1) is 7.11. The molecule has 0 fully saturated rings. The zero-order valence-corrected chi connectivity index (χ0v) is 9.53. The topological polar surface area (TPSA) is 84.6 Å². The van der Waals surface area contributed by atoms with Crippen LogP contribution in [0.2, 0.25) is 0 Å². The SMILES string of the molecule is COCCCC(N)C(=O)NCC(C)CO. The van der Waals surface area contributed by atoms with Gasteiger partial charge < -0.3 is 20.9 Å². The lowest BCUT2D eigenvalue weighted by molar-refractivity contribution is -0.122. The molecule has 2 unspecified atom stereocenters. The molecule has 90 valence electrons. The monoisotopic (exact) mass is 218 g/mol. The lowest BCUT2D eigenvalue weighted by Crippen LogP contribution is -2.42. The van der Waals surface area contributed by atoms with Gasteiger partial charge in [-0.05, 0) is 18.8 Å². The Morgan fingerprint density at radius 1 is 1.60 bits per heavy atom. The molecule has 0 bridgehead atoms. The third-order valence-electron chi connectivity index (χ3n) is 2.14. The van der Waals surface area contributed by atoms with Crippen molar-refractivity contribution < 1.29 is 14.6 Å². The number of nitrogens with two attached hydrogens (primary N) is 1. The van der Waals surface area contributed by atoms with Crippen LogP contribution in [0.25, 0.3) is 0 Å². The molecule has 0 spiro atoms. The zero-order chi connectivity index (χ0) is 11.7. The van der Waals surface area contributed by atoms with Crippen molar-refractivity contribution in [2.45, 2.75) is 25.8 Å². The fourth-order valence-electron chi connectivity index (χ4n) is 1.05. The second-order valence-corrected chi connectivity index (χ2v) is 3.77. The van der Waals surface area contributed by atoms with Crippen molar-refractivity contribution in [3.05, 3.63) is 0 Å². The summed E-state index contributed by atoms with van der Waals surface area (Å²) < 4.78 is 4.87. The van der Waals surface area contributed by atoms with Crippen LogP contribution in [0.1, 0.15) is 19.8 Å². The predicted octanol–water partition coefficient (Wildman–Crippen LogP) is -0.515. The summed E-state index contributed by atoms with van der Waals surface area (Å²) in [7, 11) is 1.62. The third kappa shape index (κ3) is 7.30. The zero-order valence-electron chi connectivity index (χ0n) is 9.53. The minimum Gasteiger partial charge on any atom is -0.396 e. The van der Waals surface area contributed by atoms with Crippen LogP contribution in [-0.4, -0.2) is 43.9 Å². The minimum absolute atomic E-state index is 0.0686. The van der Waals surface area contributed by atoms with E-state index in [0.29, 0.717) is 19.6 Å². The molecule has 0 radical (unpaired) electrons. The first kappa shape index (κ1) is 14.3. The molecule has 0 rings (SSSR count). The van der Waals surface area contributed by atoms with Crippen molar-refractivity contribution in [3.8, 4) is 0 Å². The van der Waals surface area contributed by atoms with Gasteiger partial charge in [-0.25, -0.2) is 0 Å². The number of carbonyl (C=O) groups is 1. The number of ether oxygens (including phenoxy) is 1. The summed E-state index contributed by atoms with van der Waals surface area (Å²) in [5.41, 5.74) is 5.66. The standard InChI is InChI=1S/C10H22N2O3/c1-8(7-13)6-12-10(14)9(11)4-3-5-15-2/h8-9,13H,3-7,11H2,1-2H3,(H,12,14). The van der Waals surface area contributed by atoms with Gasteiger partial charge >= 0.3 is 0 Å². The molecule has 15 heavy (non-hydrogen) atoms. The molecule has 0 aromatic rings. The van der Waals surface area contributed by atoms with Crippen molar-refractivity contribution in [1.29, 1.82) is 0 Å². The van der Waals surface area contributed by atoms with E-state index in [1.54, 1.807) is 7.11 Å². The summed E-state index contributed by atoms with van der Waals surface area (Å²) in [6.07, 6.45) is 1.40. The molecule has 5 heteroatoms. The second-order valence-electron chi connectivity index (χ2n) is 3.77. The van der Waals surface area contributed by atoms with Gasteiger partial charge in [-0.15, -0.1) is 0 Å². The number of nitrogens with one attached hydrogen (secondary N) is 1. The molecule has 0 saturated heterocycles. The van der Waals surface area contributed by atoms with Gasteiger partial charge in [0.15, 0.2) is 0 Å². The molecule has 0 aliphatic heterocycles. The first-order valence-electron chi connectivity index (χ1n) is 5.24. The molecule has 1 amide bonds. The number of hydrogen-bond acceptors (Lipinski definition) is 4. The Balaban J connectivity index is 3.60. The minimum atomic E-state index is -0.481. The van der Waals surface area contributed by atoms with Crippen molar-refractivity contribution in [1.82, 2.24) is 5.32 Å². The van der Waals surface area contributed by atoms with Crippen molar-refractivity contribution in [2.24, 2.45) is 11.7 Å². The number of aliphatic hydroxyl groups is 1. The lowest BCUT2D eigenvalue weighted by atomic mass is 10.1. The van der Waals surface area contributed by atoms with E-state index in [0.717, 1.165) is 6.42 Å². The summed E-state index contributed by atoms with van der Waals surface area (Å²) in [6, 6.07) is -0.481. The highest BCUT2D eigenvalue weighted by Gasteiger charge is 2.13. The summed E-state index contributed by atoms with van der Waals surface area (Å²) >= 11 is 0. The quantitative estimate of drug-likeness (QED) is 0.479. The second kappa shape index (κ2) is 8.64. The molecular weight excluding hydrogens is 196 g/mol. The summed E-state index contributed by atoms with van der Waals surface area (Å²) in [5, 5.41) is 11.5. The van der Waals surface area contributed by atoms with Crippen LogP contribution in [0.15, 0.2) is 0 Å². The van der Waals surface area contributed by atoms with Gasteiger partial charge in [0.2, 0.25) is 5.91 Å². The van der Waals surface area contributed by atoms with Crippen molar-refractivity contribution >= 4 is 5.91 Å². The Labute approximate surface area is 91.0 Å². The third-order valence-corrected chi connectivity index (χ3v) is 2.14. The van der Waals surface area contributed by atoms with E-state index in [1.165, 1.54) is 0 Å². The maximum atomic E-state index is 11.4. The van der Waals surface area contributed by atoms with Gasteiger partial charge in [0.05, 0.1) is 6.04 Å². The fraction of sp³-hybridized carbons (Fsp3) is 0.900. The number of carbonyl (C=O) groups excluding carboxylic acids is 1. The Hall–Kier alpha value is -0.650. The highest BCUT2D eigenvalue weighted by molar-refractivity contribution is 5.81. The number of hydrogen-bond donors (Lipinski definition) is 3. The average Bonchev–Trinajstić information content (AvgIpc) is 2.25. The Kier molecular flexibility index (Phi) is 8.27. The highest BCUT2D eigenvalue weighted by Crippen LogP contribution is 1.96. The number of rotatable bonds is 8. The largest absolute Gasteiger partial charge is 0.396 e. The van der Waals surface area contributed by atoms with E-state index < -0.39 is 6.04 Å². The average molecular weight is 218 g/mol. The smallest absolute Gasteiger partial charge is 0.236 e. The number of amides is 1. The summed E-state index contributed by atoms with van der Waals surface area (Å²) in [6.45, 7) is 3.01. The van der Waals surface area contributed by atoms with Crippen LogP contribution in [0.3, 0.4) is 0 Å². The maximum absolute atomic E-state index is 11.4. The molecule has 0 aromatic carbocycles. The molecular formula is C10H22N2O3. The molecule has 0 aliphatic carbocycles. The van der Waals surface area contributed by atoms with Crippen LogP contribution in [0.5, 0.6) is 0 Å². The van der Waals surface area contributed by atoms with Crippen molar-refractivity contribution in [3.63, 3.8) is 0 Å². The number of methoxy groups -OCH3 is 1. The molecule has 5 nitrogen and oxygen atoms in total. The predicted molar refractivity (Wildman–Crippen MR) is 58.3 cm³/mol. The van der Waals surface area contributed by atoms with Gasteiger partial charge in [-0.3, -0.25) is 4.79 Å². The fourth-order valence-corrected chi connectivity index (χ4v) is 1.05. The molecule has 0 heterocycles. The Bertz CT molecular complexity index is 176. The van der Waals surface area contributed by atoms with E-state index in [1.807, 2.05) is 6.92 Å². The highest BCUT2D eigenvalue weighted by atomic mass is 16.5. The van der Waals surface area contributed by atoms with Gasteiger partial charge in [0.25, 0.3) is 0 Å². The van der Waals surface area contributed by atoms with Gasteiger partial charge in [0, 0.05) is 26.9 Å². The van der Waals surface area contributed by atoms with E-state index in [2.05, 4.69) is 5.32 Å². The molecule has 4 N–H and O–H groups in total. The van der Waals surface area contributed by atoms with Crippen LogP contribution in [-0.2, 0) is 9.53 Å². The van der Waals surface area contributed by atoms with Crippen LogP contribution >= 0.6 is 0 Å². The maximum Gasteiger partial charge on any atom is 0.236 e. The van der Waals surface area contributed by atoms with Crippen LogP contribution in [0, 0.1) is 5.92 Å². The molecule has 0 aliphatic rings. The Morgan fingerprint density at radius 3 is 2.80 bits per heavy atom. The Morgan fingerprint density at radius 2 is 2.27 bits per heavy atom. The van der Waals surface area contributed by atoms with E-state index >= 15 is 0 Å². The summed E-state index contributed by atoms with van der Waals surface area (Å²) in [5.74, 6) is -0.0912. The summed E-state index contributed by atoms with van der Waals surface area (Å²) in [4.78, 5) is 11.4. The van der Waals surface area contributed by atoms with Gasteiger partial charge in [0.1, 0.15) is 0 Å². The normalized spacial score (nSPS) is 14.7.